The maximum absolute atomic E-state index is 6.35. The number of benzene rings is 2. The van der Waals surface area contributed by atoms with Gasteiger partial charge in [-0.15, -0.1) is 11.3 Å². The highest BCUT2D eigenvalue weighted by molar-refractivity contribution is 7.13. The van der Waals surface area contributed by atoms with Crippen molar-refractivity contribution in [3.8, 4) is 10.4 Å². The highest BCUT2D eigenvalue weighted by Gasteiger charge is 2.27. The van der Waals surface area contributed by atoms with Crippen molar-refractivity contribution in [3.05, 3.63) is 82.9 Å². The van der Waals surface area contributed by atoms with Crippen LogP contribution in [0.15, 0.2) is 70.5 Å². The van der Waals surface area contributed by atoms with Crippen LogP contribution >= 0.6 is 11.3 Å². The molecule has 4 aromatic rings. The molecule has 0 aliphatic heterocycles. The standard InChI is InChI=1S/C24H23NOS/c1-16(17-7-3-2-4-8-17)25-21-10-5-9-19-20-15-18(23-11-6-14-27-23)12-13-22(20)26-24(19)21/h2-4,6-8,11-16,21,25H,5,9-10H2,1H3/t16-,21-/m1/s1. The van der Waals surface area contributed by atoms with Gasteiger partial charge in [-0.3, -0.25) is 0 Å². The lowest BCUT2D eigenvalue weighted by molar-refractivity contribution is 0.353. The molecule has 0 saturated heterocycles. The van der Waals surface area contributed by atoms with Crippen molar-refractivity contribution in [1.29, 1.82) is 0 Å². The highest BCUT2D eigenvalue weighted by atomic mass is 32.1. The quantitative estimate of drug-likeness (QED) is 0.421. The van der Waals surface area contributed by atoms with Gasteiger partial charge in [0.15, 0.2) is 0 Å². The van der Waals surface area contributed by atoms with E-state index in [0.717, 1.165) is 24.2 Å². The van der Waals surface area contributed by atoms with E-state index in [0.29, 0.717) is 6.04 Å². The first kappa shape index (κ1) is 16.8. The first-order valence-corrected chi connectivity index (χ1v) is 10.6. The Kier molecular flexibility index (Phi) is 4.35. The van der Waals surface area contributed by atoms with Crippen LogP contribution in [-0.4, -0.2) is 0 Å². The Morgan fingerprint density at radius 3 is 2.78 bits per heavy atom. The molecule has 27 heavy (non-hydrogen) atoms. The van der Waals surface area contributed by atoms with Crippen molar-refractivity contribution in [2.45, 2.75) is 38.3 Å². The molecule has 2 atom stereocenters. The summed E-state index contributed by atoms with van der Waals surface area (Å²) in [5.74, 6) is 1.14. The second-order valence-electron chi connectivity index (χ2n) is 7.38. The number of furan rings is 1. The lowest BCUT2D eigenvalue weighted by Gasteiger charge is -2.26. The van der Waals surface area contributed by atoms with Crippen LogP contribution in [0, 0.1) is 0 Å². The van der Waals surface area contributed by atoms with Crippen LogP contribution < -0.4 is 5.32 Å². The van der Waals surface area contributed by atoms with Crippen LogP contribution in [0.3, 0.4) is 0 Å². The van der Waals surface area contributed by atoms with Crippen LogP contribution in [0.4, 0.5) is 0 Å². The van der Waals surface area contributed by atoms with Crippen molar-refractivity contribution in [2.75, 3.05) is 0 Å². The van der Waals surface area contributed by atoms with Crippen molar-refractivity contribution in [3.63, 3.8) is 0 Å². The van der Waals surface area contributed by atoms with Crippen molar-refractivity contribution >= 4 is 22.3 Å². The van der Waals surface area contributed by atoms with E-state index in [1.807, 2.05) is 0 Å². The summed E-state index contributed by atoms with van der Waals surface area (Å²) in [6.45, 7) is 2.24. The SMILES string of the molecule is C[C@@H](N[C@@H]1CCCc2c1oc1ccc(-c3cccs3)cc21)c1ccccc1. The molecule has 136 valence electrons. The molecule has 0 unspecified atom stereocenters. The minimum Gasteiger partial charge on any atom is -0.459 e. The molecule has 0 fully saturated rings. The van der Waals surface area contributed by atoms with Crippen LogP contribution in [0.1, 0.15) is 48.7 Å². The second-order valence-corrected chi connectivity index (χ2v) is 8.32. The van der Waals surface area contributed by atoms with Gasteiger partial charge in [0.25, 0.3) is 0 Å². The second kappa shape index (κ2) is 6.99. The Morgan fingerprint density at radius 2 is 1.96 bits per heavy atom. The van der Waals surface area contributed by atoms with Gasteiger partial charge >= 0.3 is 0 Å². The summed E-state index contributed by atoms with van der Waals surface area (Å²) in [5, 5.41) is 7.22. The van der Waals surface area contributed by atoms with E-state index >= 15 is 0 Å². The minimum atomic E-state index is 0.279. The molecule has 0 radical (unpaired) electrons. The molecule has 0 saturated carbocycles. The Bertz CT molecular complexity index is 1050. The number of rotatable bonds is 4. The lowest BCUT2D eigenvalue weighted by atomic mass is 9.91. The summed E-state index contributed by atoms with van der Waals surface area (Å²) in [6.07, 6.45) is 3.43. The zero-order chi connectivity index (χ0) is 18.2. The van der Waals surface area contributed by atoms with Crippen LogP contribution in [0.5, 0.6) is 0 Å². The van der Waals surface area contributed by atoms with Crippen molar-refractivity contribution < 1.29 is 4.42 Å². The molecule has 5 rings (SSSR count). The average molecular weight is 374 g/mol. The van der Waals surface area contributed by atoms with Gasteiger partial charge in [0.1, 0.15) is 11.3 Å². The van der Waals surface area contributed by atoms with E-state index < -0.39 is 0 Å². The Balaban J connectivity index is 1.49. The molecule has 1 aliphatic carbocycles. The molecule has 0 amide bonds. The first-order valence-electron chi connectivity index (χ1n) is 9.70. The Labute approximate surface area is 163 Å². The van der Waals surface area contributed by atoms with E-state index in [-0.39, 0.29) is 6.04 Å². The maximum atomic E-state index is 6.35. The monoisotopic (exact) mass is 373 g/mol. The molecular weight excluding hydrogens is 350 g/mol. The number of nitrogens with one attached hydrogen (secondary N) is 1. The van der Waals surface area contributed by atoms with Crippen molar-refractivity contribution in [1.82, 2.24) is 5.32 Å². The third-order valence-corrected chi connectivity index (χ3v) is 6.53. The van der Waals surface area contributed by atoms with E-state index in [9.17, 15) is 0 Å². The largest absolute Gasteiger partial charge is 0.459 e. The number of hydrogen-bond donors (Lipinski definition) is 1. The van der Waals surface area contributed by atoms with Crippen LogP contribution in [-0.2, 0) is 6.42 Å². The molecule has 2 aromatic heterocycles. The number of hydrogen-bond acceptors (Lipinski definition) is 3. The summed E-state index contributed by atoms with van der Waals surface area (Å²) in [7, 11) is 0. The fraction of sp³-hybridized carbons (Fsp3) is 0.250. The van der Waals surface area contributed by atoms with Gasteiger partial charge in [-0.1, -0.05) is 36.4 Å². The third kappa shape index (κ3) is 3.11. The molecule has 2 nitrogen and oxygen atoms in total. The molecule has 0 spiro atoms. The van der Waals surface area contributed by atoms with Gasteiger partial charge in [0.2, 0.25) is 0 Å². The molecule has 2 aromatic carbocycles. The number of aryl methyl sites for hydroxylation is 1. The molecule has 2 heterocycles. The fourth-order valence-corrected chi connectivity index (χ4v) is 4.94. The van der Waals surface area contributed by atoms with Gasteiger partial charge in [-0.2, -0.15) is 0 Å². The van der Waals surface area contributed by atoms with Gasteiger partial charge in [0.05, 0.1) is 6.04 Å². The smallest absolute Gasteiger partial charge is 0.134 e. The predicted molar refractivity (Wildman–Crippen MR) is 113 cm³/mol. The summed E-state index contributed by atoms with van der Waals surface area (Å²) in [6, 6.07) is 22.2. The zero-order valence-electron chi connectivity index (χ0n) is 15.4. The van der Waals surface area contributed by atoms with Gasteiger partial charge < -0.3 is 9.73 Å². The lowest BCUT2D eigenvalue weighted by Crippen LogP contribution is -2.27. The number of fused-ring (bicyclic) bond motifs is 3. The fourth-order valence-electron chi connectivity index (χ4n) is 4.22. The summed E-state index contributed by atoms with van der Waals surface area (Å²) in [5.41, 5.74) is 5.02. The molecule has 3 heteroatoms. The summed E-state index contributed by atoms with van der Waals surface area (Å²) < 4.78 is 6.35. The topological polar surface area (TPSA) is 25.2 Å². The minimum absolute atomic E-state index is 0.279. The Morgan fingerprint density at radius 1 is 1.07 bits per heavy atom. The third-order valence-electron chi connectivity index (χ3n) is 5.61. The number of thiophene rings is 1. The van der Waals surface area contributed by atoms with Gasteiger partial charge in [0, 0.05) is 21.9 Å². The predicted octanol–water partition coefficient (Wildman–Crippen LogP) is 6.89. The molecule has 1 aliphatic rings. The summed E-state index contributed by atoms with van der Waals surface area (Å²) >= 11 is 1.79. The molecular formula is C24H23NOS. The highest BCUT2D eigenvalue weighted by Crippen LogP contribution is 2.40. The maximum Gasteiger partial charge on any atom is 0.134 e. The van der Waals surface area contributed by atoms with Gasteiger partial charge in [-0.05, 0) is 67.0 Å². The first-order chi connectivity index (χ1) is 13.3. The van der Waals surface area contributed by atoms with Crippen molar-refractivity contribution in [2.24, 2.45) is 0 Å². The summed E-state index contributed by atoms with van der Waals surface area (Å²) in [4.78, 5) is 1.31. The van der Waals surface area contributed by atoms with E-state index in [1.54, 1.807) is 11.3 Å². The normalized spacial score (nSPS) is 17.7. The Hall–Kier alpha value is -2.36. The molecule has 0 bridgehead atoms. The van der Waals surface area contributed by atoms with E-state index in [2.05, 4.69) is 78.3 Å². The van der Waals surface area contributed by atoms with Crippen LogP contribution in [0.25, 0.3) is 21.4 Å². The van der Waals surface area contributed by atoms with Crippen LogP contribution in [0.2, 0.25) is 0 Å². The van der Waals surface area contributed by atoms with E-state index in [1.165, 1.54) is 33.4 Å². The van der Waals surface area contributed by atoms with E-state index in [4.69, 9.17) is 4.42 Å². The van der Waals surface area contributed by atoms with Gasteiger partial charge in [-0.25, -0.2) is 0 Å². The average Bonchev–Trinajstić information content (AvgIpc) is 3.37. The molecule has 1 N–H and O–H groups in total. The zero-order valence-corrected chi connectivity index (χ0v) is 16.3.